The molecule has 0 unspecified atom stereocenters. The number of anilines is 1. The number of nitrogens with zero attached hydrogens (tertiary/aromatic N) is 3. The Labute approximate surface area is 208 Å². The lowest BCUT2D eigenvalue weighted by Gasteiger charge is -2.36. The lowest BCUT2D eigenvalue weighted by molar-refractivity contribution is -0.130. The average molecular weight is 498 g/mol. The second kappa shape index (κ2) is 13.8. The Kier molecular flexibility index (Phi) is 11.2. The van der Waals surface area contributed by atoms with Gasteiger partial charge in [-0.2, -0.15) is 8.78 Å². The number of hydrogen-bond acceptors (Lipinski definition) is 5. The summed E-state index contributed by atoms with van der Waals surface area (Å²) in [5.41, 5.74) is 6.27. The van der Waals surface area contributed by atoms with Gasteiger partial charge in [0.25, 0.3) is 0 Å². The van der Waals surface area contributed by atoms with Crippen LogP contribution in [-0.4, -0.2) is 61.9 Å². The number of amides is 1. The highest BCUT2D eigenvalue weighted by molar-refractivity contribution is 6.03. The van der Waals surface area contributed by atoms with Crippen LogP contribution >= 0.6 is 0 Å². The molecule has 2 fully saturated rings. The van der Waals surface area contributed by atoms with E-state index in [9.17, 15) is 13.6 Å². The highest BCUT2D eigenvalue weighted by Crippen LogP contribution is 2.35. The number of amidine groups is 2. The van der Waals surface area contributed by atoms with Crippen molar-refractivity contribution in [3.8, 4) is 11.5 Å². The molecule has 1 aromatic carbocycles. The van der Waals surface area contributed by atoms with Crippen molar-refractivity contribution in [1.29, 1.82) is 5.41 Å². The molecule has 1 saturated carbocycles. The summed E-state index contributed by atoms with van der Waals surface area (Å²) in [6, 6.07) is 4.95. The smallest absolute Gasteiger partial charge is 0.387 e. The summed E-state index contributed by atoms with van der Waals surface area (Å²) in [5.74, 6) is 1.66. The zero-order valence-electron chi connectivity index (χ0n) is 21.2. The van der Waals surface area contributed by atoms with Gasteiger partial charge < -0.3 is 25.0 Å². The van der Waals surface area contributed by atoms with E-state index >= 15 is 0 Å². The average Bonchev–Trinajstić information content (AvgIpc) is 2.72. The Bertz CT molecular complexity index is 866. The summed E-state index contributed by atoms with van der Waals surface area (Å²) >= 11 is 0. The Morgan fingerprint density at radius 3 is 2.34 bits per heavy atom. The van der Waals surface area contributed by atoms with E-state index in [4.69, 9.17) is 15.9 Å². The van der Waals surface area contributed by atoms with E-state index in [1.807, 2.05) is 0 Å². The molecule has 3 N–H and O–H groups in total. The number of nitrogens with one attached hydrogen (secondary N) is 1. The molecule has 1 aliphatic heterocycles. The molecule has 1 aromatic rings. The molecule has 1 amide bonds. The van der Waals surface area contributed by atoms with Crippen molar-refractivity contribution in [3.05, 3.63) is 18.2 Å². The summed E-state index contributed by atoms with van der Waals surface area (Å²) < 4.78 is 35.9. The summed E-state index contributed by atoms with van der Waals surface area (Å²) in [6.45, 7) is 7.78. The molecule has 8 nitrogen and oxygen atoms in total. The first-order valence-corrected chi connectivity index (χ1v) is 12.2. The number of aliphatic imine (C=N–C) groups is 1. The number of hydrogen-bond donors (Lipinski definition) is 2. The maximum absolute atomic E-state index is 12.8. The topological polar surface area (TPSA) is 104 Å². The lowest BCUT2D eigenvalue weighted by atomic mass is 9.86. The molecule has 1 saturated heterocycles. The molecule has 1 heterocycles. The number of benzene rings is 1. The van der Waals surface area contributed by atoms with Crippen molar-refractivity contribution in [2.45, 2.75) is 60.0 Å². The van der Waals surface area contributed by atoms with Crippen molar-refractivity contribution in [3.63, 3.8) is 0 Å². The predicted molar refractivity (Wildman–Crippen MR) is 137 cm³/mol. The number of carbonyl (C=O) groups excluding carboxylic acids is 1. The van der Waals surface area contributed by atoms with E-state index in [-0.39, 0.29) is 31.2 Å². The summed E-state index contributed by atoms with van der Waals surface area (Å²) in [5, 5.41) is 7.72. The maximum Gasteiger partial charge on any atom is 0.387 e. The van der Waals surface area contributed by atoms with Gasteiger partial charge in [-0.15, -0.1) is 0 Å². The molecule has 1 aliphatic carbocycles. The summed E-state index contributed by atoms with van der Waals surface area (Å²) in [6.07, 6.45) is 3.27. The molecule has 2 aliphatic rings. The Morgan fingerprint density at radius 1 is 1.20 bits per heavy atom. The first kappa shape index (κ1) is 28.3. The third-order valence-corrected chi connectivity index (χ3v) is 5.47. The molecular weight excluding hydrogens is 456 g/mol. The monoisotopic (exact) mass is 497 g/mol. The van der Waals surface area contributed by atoms with Crippen LogP contribution in [0.4, 0.5) is 14.5 Å². The minimum atomic E-state index is -2.92. The molecule has 198 valence electrons. The number of piperazine rings is 1. The van der Waals surface area contributed by atoms with Gasteiger partial charge in [-0.3, -0.25) is 10.2 Å². The van der Waals surface area contributed by atoms with Crippen LogP contribution in [0.1, 0.15) is 54.8 Å². The zero-order valence-corrected chi connectivity index (χ0v) is 21.2. The van der Waals surface area contributed by atoms with Gasteiger partial charge in [0, 0.05) is 39.4 Å². The fraction of sp³-hybridized carbons (Fsp3) is 0.640. The molecule has 35 heavy (non-hydrogen) atoms. The van der Waals surface area contributed by atoms with Gasteiger partial charge in [0.2, 0.25) is 5.91 Å². The first-order valence-electron chi connectivity index (χ1n) is 12.2. The fourth-order valence-corrected chi connectivity index (χ4v) is 3.59. The standard InChI is InChI=1S/C21H29F2N5O3.C4H10.H2/c1-14(24)26-19(25)12-20(29)28-9-7-27(8-10-28)16-5-6-17(31-21(22)23)18(11-16)30-13-15-3-2-4-15;1-4(2)3;/h5-6,11,15,21H,2-4,7-10,12-13H2,1H3,(H3,24,25,26);4H,1-3H3;1H. The van der Waals surface area contributed by atoms with Crippen molar-refractivity contribution < 1.29 is 24.5 Å². The van der Waals surface area contributed by atoms with E-state index in [2.05, 4.69) is 35.4 Å². The second-order valence-electron chi connectivity index (χ2n) is 9.59. The summed E-state index contributed by atoms with van der Waals surface area (Å²) in [4.78, 5) is 19.9. The number of halogens is 2. The van der Waals surface area contributed by atoms with E-state index in [0.717, 1.165) is 24.4 Å². The molecule has 0 bridgehead atoms. The molecule has 3 rings (SSSR count). The van der Waals surface area contributed by atoms with Crippen LogP contribution in [0.15, 0.2) is 23.2 Å². The quantitative estimate of drug-likeness (QED) is 0.398. The number of rotatable bonds is 8. The number of alkyl halides is 2. The van der Waals surface area contributed by atoms with Crippen LogP contribution in [0.5, 0.6) is 11.5 Å². The highest BCUT2D eigenvalue weighted by Gasteiger charge is 2.24. The van der Waals surface area contributed by atoms with Crippen LogP contribution in [0.25, 0.3) is 0 Å². The Balaban J connectivity index is 0.00000120. The number of nitrogens with two attached hydrogens (primary N) is 1. The van der Waals surface area contributed by atoms with Gasteiger partial charge in [-0.1, -0.05) is 27.2 Å². The van der Waals surface area contributed by atoms with Crippen LogP contribution < -0.4 is 20.1 Å². The van der Waals surface area contributed by atoms with E-state index in [1.165, 1.54) is 12.5 Å². The van der Waals surface area contributed by atoms with E-state index < -0.39 is 6.61 Å². The van der Waals surface area contributed by atoms with Crippen molar-refractivity contribution >= 4 is 23.3 Å². The van der Waals surface area contributed by atoms with Gasteiger partial charge in [-0.25, -0.2) is 4.99 Å². The predicted octanol–water partition coefficient (Wildman–Crippen LogP) is 4.77. The normalized spacial score (nSPS) is 16.5. The van der Waals surface area contributed by atoms with Crippen molar-refractivity contribution in [1.82, 2.24) is 4.90 Å². The third kappa shape index (κ3) is 10.1. The minimum Gasteiger partial charge on any atom is -0.489 e. The Morgan fingerprint density at radius 2 is 1.83 bits per heavy atom. The molecular formula is C25H41F2N5O3. The molecule has 0 aromatic heterocycles. The van der Waals surface area contributed by atoms with Crippen LogP contribution in [-0.2, 0) is 4.79 Å². The maximum atomic E-state index is 12.8. The SMILES string of the molecule is CC(C)C.CC(N)=NC(=N)CC(=O)N1CCN(c2ccc(OC(F)F)c(OCC3CCC3)c2)CC1.[HH]. The molecule has 0 atom stereocenters. The van der Waals surface area contributed by atoms with Crippen molar-refractivity contribution in [2.24, 2.45) is 22.6 Å². The van der Waals surface area contributed by atoms with Crippen LogP contribution in [0, 0.1) is 17.2 Å². The van der Waals surface area contributed by atoms with Gasteiger partial charge in [-0.05, 0) is 43.7 Å². The van der Waals surface area contributed by atoms with E-state index in [1.54, 1.807) is 24.0 Å². The number of ether oxygens (including phenoxy) is 2. The second-order valence-corrected chi connectivity index (χ2v) is 9.59. The molecule has 0 radical (unpaired) electrons. The van der Waals surface area contributed by atoms with Crippen LogP contribution in [0.2, 0.25) is 0 Å². The first-order chi connectivity index (χ1) is 16.5. The van der Waals surface area contributed by atoms with Gasteiger partial charge in [0.05, 0.1) is 18.9 Å². The largest absolute Gasteiger partial charge is 0.489 e. The highest BCUT2D eigenvalue weighted by atomic mass is 19.3. The molecule has 0 spiro atoms. The third-order valence-electron chi connectivity index (χ3n) is 5.47. The minimum absolute atomic E-state index is 0. The van der Waals surface area contributed by atoms with E-state index in [0.29, 0.717) is 44.5 Å². The van der Waals surface area contributed by atoms with Gasteiger partial charge in [0.15, 0.2) is 11.5 Å². The number of carbonyl (C=O) groups is 1. The Hall–Kier alpha value is -2.91. The van der Waals surface area contributed by atoms with Crippen LogP contribution in [0.3, 0.4) is 0 Å². The zero-order chi connectivity index (χ0) is 26.0. The molecule has 10 heteroatoms. The van der Waals surface area contributed by atoms with Gasteiger partial charge in [0.1, 0.15) is 5.84 Å². The van der Waals surface area contributed by atoms with Gasteiger partial charge >= 0.3 is 6.61 Å². The summed E-state index contributed by atoms with van der Waals surface area (Å²) in [7, 11) is 0. The van der Waals surface area contributed by atoms with Crippen molar-refractivity contribution in [2.75, 3.05) is 37.7 Å². The lowest BCUT2D eigenvalue weighted by Crippen LogP contribution is -2.49. The fourth-order valence-electron chi connectivity index (χ4n) is 3.59.